The van der Waals surface area contributed by atoms with E-state index in [4.69, 9.17) is 9.52 Å². The molecule has 2 unspecified atom stereocenters. The molecule has 1 aromatic rings. The van der Waals surface area contributed by atoms with E-state index in [1.807, 2.05) is 0 Å². The summed E-state index contributed by atoms with van der Waals surface area (Å²) in [5.74, 6) is 0.264. The average Bonchev–Trinajstić information content (AvgIpc) is 2.94. The summed E-state index contributed by atoms with van der Waals surface area (Å²) in [6.45, 7) is 3.90. The van der Waals surface area contributed by atoms with Crippen molar-refractivity contribution >= 4 is 12.0 Å². The van der Waals surface area contributed by atoms with Gasteiger partial charge in [-0.25, -0.2) is 9.59 Å². The van der Waals surface area contributed by atoms with Gasteiger partial charge in [0.1, 0.15) is 17.1 Å². The molecule has 6 nitrogen and oxygen atoms in total. The first-order chi connectivity index (χ1) is 9.47. The van der Waals surface area contributed by atoms with Gasteiger partial charge in [-0.2, -0.15) is 0 Å². The van der Waals surface area contributed by atoms with Crippen molar-refractivity contribution in [3.8, 4) is 0 Å². The molecular weight excluding hydrogens is 260 g/mol. The summed E-state index contributed by atoms with van der Waals surface area (Å²) in [6, 6.07) is 1.42. The molecule has 6 heteroatoms. The van der Waals surface area contributed by atoms with Crippen molar-refractivity contribution in [1.82, 2.24) is 10.6 Å². The van der Waals surface area contributed by atoms with Gasteiger partial charge in [0.2, 0.25) is 0 Å². The molecule has 1 aromatic heterocycles. The molecule has 1 aliphatic rings. The molecular formula is C14H20N2O4. The minimum atomic E-state index is -1.03. The smallest absolute Gasteiger partial charge is 0.339 e. The fourth-order valence-electron chi connectivity index (χ4n) is 2.59. The number of carboxylic acids is 1. The van der Waals surface area contributed by atoms with Gasteiger partial charge in [-0.1, -0.05) is 13.3 Å². The normalized spacial score (nSPS) is 21.7. The van der Waals surface area contributed by atoms with Crippen molar-refractivity contribution < 1.29 is 19.1 Å². The molecule has 0 aliphatic heterocycles. The number of rotatable bonds is 4. The fourth-order valence-corrected chi connectivity index (χ4v) is 2.59. The van der Waals surface area contributed by atoms with Gasteiger partial charge in [-0.3, -0.25) is 0 Å². The predicted molar refractivity (Wildman–Crippen MR) is 72.6 cm³/mol. The number of urea groups is 1. The topological polar surface area (TPSA) is 91.6 Å². The van der Waals surface area contributed by atoms with E-state index in [-0.39, 0.29) is 24.2 Å². The second-order valence-electron chi connectivity index (χ2n) is 5.33. The highest BCUT2D eigenvalue weighted by atomic mass is 16.4. The third-order valence-electron chi connectivity index (χ3n) is 3.80. The SMILES string of the molecule is Cc1oc(CNC(=O)NC2CCCC2C)cc1C(=O)O. The summed E-state index contributed by atoms with van der Waals surface area (Å²) in [5, 5.41) is 14.5. The highest BCUT2D eigenvalue weighted by Gasteiger charge is 2.24. The van der Waals surface area contributed by atoms with Crippen LogP contribution in [-0.2, 0) is 6.54 Å². The molecule has 2 atom stereocenters. The third-order valence-corrected chi connectivity index (χ3v) is 3.80. The van der Waals surface area contributed by atoms with E-state index in [2.05, 4.69) is 17.6 Å². The second-order valence-corrected chi connectivity index (χ2v) is 5.33. The second kappa shape index (κ2) is 5.98. The molecule has 0 bridgehead atoms. The van der Waals surface area contributed by atoms with E-state index >= 15 is 0 Å². The first-order valence-electron chi connectivity index (χ1n) is 6.84. The summed E-state index contributed by atoms with van der Waals surface area (Å²) in [5.41, 5.74) is 0.131. The van der Waals surface area contributed by atoms with Crippen LogP contribution < -0.4 is 10.6 Å². The van der Waals surface area contributed by atoms with Crippen molar-refractivity contribution in [3.05, 3.63) is 23.2 Å². The van der Waals surface area contributed by atoms with Crippen LogP contribution in [0.5, 0.6) is 0 Å². The zero-order valence-electron chi connectivity index (χ0n) is 11.7. The van der Waals surface area contributed by atoms with Crippen molar-refractivity contribution in [2.24, 2.45) is 5.92 Å². The number of carboxylic acid groups (broad SMARTS) is 1. The minimum absolute atomic E-state index is 0.131. The molecule has 1 heterocycles. The number of nitrogens with one attached hydrogen (secondary N) is 2. The van der Waals surface area contributed by atoms with Crippen LogP contribution in [0.1, 0.15) is 48.1 Å². The minimum Gasteiger partial charge on any atom is -0.478 e. The summed E-state index contributed by atoms with van der Waals surface area (Å²) >= 11 is 0. The molecule has 1 fully saturated rings. The van der Waals surface area contributed by atoms with Crippen molar-refractivity contribution in [1.29, 1.82) is 0 Å². The summed E-state index contributed by atoms with van der Waals surface area (Å²) < 4.78 is 5.29. The highest BCUT2D eigenvalue weighted by molar-refractivity contribution is 5.88. The number of aryl methyl sites for hydroxylation is 1. The number of hydrogen-bond acceptors (Lipinski definition) is 3. The molecule has 110 valence electrons. The number of aromatic carboxylic acids is 1. The Morgan fingerprint density at radius 2 is 2.20 bits per heavy atom. The van der Waals surface area contributed by atoms with Crippen LogP contribution in [0.15, 0.2) is 10.5 Å². The van der Waals surface area contributed by atoms with Crippen LogP contribution in [0.4, 0.5) is 4.79 Å². The van der Waals surface area contributed by atoms with E-state index in [0.29, 0.717) is 17.4 Å². The lowest BCUT2D eigenvalue weighted by atomic mass is 10.1. The van der Waals surface area contributed by atoms with Gasteiger partial charge < -0.3 is 20.2 Å². The van der Waals surface area contributed by atoms with Crippen LogP contribution in [0.2, 0.25) is 0 Å². The van der Waals surface area contributed by atoms with E-state index in [9.17, 15) is 9.59 Å². The molecule has 2 rings (SSSR count). The lowest BCUT2D eigenvalue weighted by Gasteiger charge is -2.17. The number of carbonyl (C=O) groups excluding carboxylic acids is 1. The predicted octanol–water partition coefficient (Wildman–Crippen LogP) is 2.27. The molecule has 20 heavy (non-hydrogen) atoms. The molecule has 0 aromatic carbocycles. The summed E-state index contributed by atoms with van der Waals surface area (Å²) in [7, 11) is 0. The Morgan fingerprint density at radius 3 is 2.75 bits per heavy atom. The van der Waals surface area contributed by atoms with Crippen LogP contribution in [0.25, 0.3) is 0 Å². The van der Waals surface area contributed by atoms with Gasteiger partial charge in [0.05, 0.1) is 6.54 Å². The molecule has 0 radical (unpaired) electrons. The number of hydrogen-bond donors (Lipinski definition) is 3. The maximum Gasteiger partial charge on any atom is 0.339 e. The molecule has 0 spiro atoms. The first kappa shape index (κ1) is 14.4. The Bertz CT molecular complexity index is 509. The van der Waals surface area contributed by atoms with E-state index < -0.39 is 5.97 Å². The Balaban J connectivity index is 1.84. The van der Waals surface area contributed by atoms with E-state index in [1.54, 1.807) is 6.92 Å². The maximum atomic E-state index is 11.8. The Labute approximate surface area is 117 Å². The Morgan fingerprint density at radius 1 is 1.45 bits per heavy atom. The number of furan rings is 1. The molecule has 1 saturated carbocycles. The maximum absolute atomic E-state index is 11.8. The fraction of sp³-hybridized carbons (Fsp3) is 0.571. The van der Waals surface area contributed by atoms with Gasteiger partial charge in [-0.05, 0) is 31.7 Å². The summed E-state index contributed by atoms with van der Waals surface area (Å²) in [4.78, 5) is 22.6. The van der Waals surface area contributed by atoms with Crippen LogP contribution in [-0.4, -0.2) is 23.1 Å². The van der Waals surface area contributed by atoms with Crippen LogP contribution in [0, 0.1) is 12.8 Å². The molecule has 1 aliphatic carbocycles. The number of carbonyl (C=O) groups is 2. The molecule has 2 amide bonds. The summed E-state index contributed by atoms with van der Waals surface area (Å²) in [6.07, 6.45) is 3.30. The van der Waals surface area contributed by atoms with Gasteiger partial charge >= 0.3 is 12.0 Å². The van der Waals surface area contributed by atoms with Crippen molar-refractivity contribution in [2.75, 3.05) is 0 Å². The average molecular weight is 280 g/mol. The van der Waals surface area contributed by atoms with E-state index in [1.165, 1.54) is 6.07 Å². The quantitative estimate of drug-likeness (QED) is 0.789. The Kier molecular flexibility index (Phi) is 4.32. The van der Waals surface area contributed by atoms with Gasteiger partial charge in [0, 0.05) is 6.04 Å². The Hall–Kier alpha value is -1.98. The van der Waals surface area contributed by atoms with Crippen LogP contribution in [0.3, 0.4) is 0 Å². The lowest BCUT2D eigenvalue weighted by Crippen LogP contribution is -2.42. The molecule has 0 saturated heterocycles. The zero-order chi connectivity index (χ0) is 14.7. The number of amides is 2. The van der Waals surface area contributed by atoms with Crippen molar-refractivity contribution in [3.63, 3.8) is 0 Å². The van der Waals surface area contributed by atoms with Gasteiger partial charge in [0.15, 0.2) is 0 Å². The van der Waals surface area contributed by atoms with Gasteiger partial charge in [0.25, 0.3) is 0 Å². The standard InChI is InChI=1S/C14H20N2O4/c1-8-4-3-5-12(8)16-14(19)15-7-10-6-11(13(17)18)9(2)20-10/h6,8,12H,3-5,7H2,1-2H3,(H,17,18)(H2,15,16,19). The third kappa shape index (κ3) is 3.31. The largest absolute Gasteiger partial charge is 0.478 e. The van der Waals surface area contributed by atoms with Crippen molar-refractivity contribution in [2.45, 2.75) is 45.7 Å². The van der Waals surface area contributed by atoms with E-state index in [0.717, 1.165) is 19.3 Å². The monoisotopic (exact) mass is 280 g/mol. The van der Waals surface area contributed by atoms with Crippen LogP contribution >= 0.6 is 0 Å². The highest BCUT2D eigenvalue weighted by Crippen LogP contribution is 2.24. The first-order valence-corrected chi connectivity index (χ1v) is 6.84. The van der Waals surface area contributed by atoms with Gasteiger partial charge in [-0.15, -0.1) is 0 Å². The zero-order valence-corrected chi connectivity index (χ0v) is 11.7. The molecule has 3 N–H and O–H groups in total. The lowest BCUT2D eigenvalue weighted by molar-refractivity contribution is 0.0695.